The zero-order chi connectivity index (χ0) is 16.2. The molecule has 0 fully saturated rings. The molecule has 9 heteroatoms. The van der Waals surface area contributed by atoms with Crippen LogP contribution in [0.1, 0.15) is 11.3 Å². The summed E-state index contributed by atoms with van der Waals surface area (Å²) in [6, 6.07) is 7.56. The summed E-state index contributed by atoms with van der Waals surface area (Å²) in [6.45, 7) is -0.372. The molecule has 116 valence electrons. The fraction of sp³-hybridized carbons (Fsp3) is 0.154. The van der Waals surface area contributed by atoms with Gasteiger partial charge in [-0.3, -0.25) is 9.48 Å². The Balaban J connectivity index is 1.89. The number of alkyl halides is 3. The summed E-state index contributed by atoms with van der Waals surface area (Å²) in [5.41, 5.74) is 1.81. The van der Waals surface area contributed by atoms with Crippen molar-refractivity contribution in [2.24, 2.45) is 5.10 Å². The molecule has 5 nitrogen and oxygen atoms in total. The molecule has 0 bridgehead atoms. The predicted molar refractivity (Wildman–Crippen MR) is 74.4 cm³/mol. The van der Waals surface area contributed by atoms with Crippen molar-refractivity contribution in [1.29, 1.82) is 0 Å². The molecule has 1 amide bonds. The van der Waals surface area contributed by atoms with Crippen molar-refractivity contribution in [3.8, 4) is 0 Å². The van der Waals surface area contributed by atoms with E-state index in [1.165, 1.54) is 6.21 Å². The summed E-state index contributed by atoms with van der Waals surface area (Å²) in [7, 11) is 0. The number of rotatable bonds is 4. The maximum absolute atomic E-state index is 12.4. The van der Waals surface area contributed by atoms with Gasteiger partial charge in [-0.05, 0) is 23.8 Å². The zero-order valence-electron chi connectivity index (χ0n) is 11.0. The highest BCUT2D eigenvalue weighted by atomic mass is 35.5. The first-order chi connectivity index (χ1) is 10.3. The Labute approximate surface area is 128 Å². The number of hydrazone groups is 1. The highest BCUT2D eigenvalue weighted by Crippen LogP contribution is 2.27. The normalized spacial score (nSPS) is 11.8. The number of nitrogens with one attached hydrogen (secondary N) is 1. The fourth-order valence-electron chi connectivity index (χ4n) is 1.55. The molecule has 0 aliphatic heterocycles. The van der Waals surface area contributed by atoms with Crippen LogP contribution in [-0.2, 0) is 17.5 Å². The molecule has 2 aromatic rings. The Morgan fingerprint density at radius 3 is 2.82 bits per heavy atom. The van der Waals surface area contributed by atoms with Crippen LogP contribution in [-0.4, -0.2) is 21.9 Å². The molecule has 2 rings (SSSR count). The van der Waals surface area contributed by atoms with Crippen molar-refractivity contribution >= 4 is 23.7 Å². The molecule has 0 saturated carbocycles. The minimum Gasteiger partial charge on any atom is -0.271 e. The molecule has 1 aromatic heterocycles. The van der Waals surface area contributed by atoms with Gasteiger partial charge in [0.2, 0.25) is 0 Å². The minimum absolute atomic E-state index is 0.372. The maximum atomic E-state index is 12.4. The highest BCUT2D eigenvalue weighted by molar-refractivity contribution is 6.30. The van der Waals surface area contributed by atoms with Crippen molar-refractivity contribution in [1.82, 2.24) is 15.2 Å². The third-order valence-corrected chi connectivity index (χ3v) is 2.72. The quantitative estimate of drug-likeness (QED) is 0.692. The van der Waals surface area contributed by atoms with Crippen LogP contribution in [0, 0.1) is 0 Å². The second-order valence-electron chi connectivity index (χ2n) is 4.24. The lowest BCUT2D eigenvalue weighted by atomic mass is 10.2. The zero-order valence-corrected chi connectivity index (χ0v) is 11.8. The first-order valence-electron chi connectivity index (χ1n) is 6.03. The van der Waals surface area contributed by atoms with Crippen molar-refractivity contribution in [2.75, 3.05) is 0 Å². The van der Waals surface area contributed by atoms with Gasteiger partial charge in [-0.1, -0.05) is 23.7 Å². The average Bonchev–Trinajstić information content (AvgIpc) is 2.87. The van der Waals surface area contributed by atoms with Gasteiger partial charge in [-0.25, -0.2) is 5.43 Å². The van der Waals surface area contributed by atoms with Crippen LogP contribution in [0.25, 0.3) is 0 Å². The average molecular weight is 331 g/mol. The van der Waals surface area contributed by atoms with Gasteiger partial charge in [0, 0.05) is 11.2 Å². The van der Waals surface area contributed by atoms with Gasteiger partial charge in [0.15, 0.2) is 5.69 Å². The second kappa shape index (κ2) is 6.61. The van der Waals surface area contributed by atoms with E-state index >= 15 is 0 Å². The van der Waals surface area contributed by atoms with Crippen molar-refractivity contribution in [2.45, 2.75) is 12.7 Å². The number of halogens is 4. The standard InChI is InChI=1S/C13H10ClF3N4O/c14-10-3-1-2-9(6-10)7-18-19-12(22)8-21-5-4-11(20-21)13(15,16)17/h1-7H,8H2,(H,19,22)/b18-7-. The van der Waals surface area contributed by atoms with Crippen LogP contribution in [0.2, 0.25) is 5.02 Å². The van der Waals surface area contributed by atoms with Gasteiger partial charge in [-0.15, -0.1) is 0 Å². The Bertz CT molecular complexity index is 697. The van der Waals surface area contributed by atoms with Crippen LogP contribution >= 0.6 is 11.6 Å². The van der Waals surface area contributed by atoms with Crippen LogP contribution in [0.5, 0.6) is 0 Å². The van der Waals surface area contributed by atoms with Crippen LogP contribution in [0.4, 0.5) is 13.2 Å². The third kappa shape index (κ3) is 4.59. The number of carbonyl (C=O) groups excluding carboxylic acids is 1. The van der Waals surface area contributed by atoms with Crippen molar-refractivity contribution < 1.29 is 18.0 Å². The van der Waals surface area contributed by atoms with Gasteiger partial charge in [-0.2, -0.15) is 23.4 Å². The number of benzene rings is 1. The molecule has 1 heterocycles. The van der Waals surface area contributed by atoms with E-state index in [0.717, 1.165) is 16.9 Å². The van der Waals surface area contributed by atoms with Crippen LogP contribution < -0.4 is 5.43 Å². The molecule has 1 aromatic carbocycles. The lowest BCUT2D eigenvalue weighted by molar-refractivity contribution is -0.141. The highest BCUT2D eigenvalue weighted by Gasteiger charge is 2.33. The molecule has 0 saturated heterocycles. The van der Waals surface area contributed by atoms with E-state index in [1.807, 2.05) is 0 Å². The number of hydrogen-bond donors (Lipinski definition) is 1. The van der Waals surface area contributed by atoms with E-state index < -0.39 is 17.8 Å². The maximum Gasteiger partial charge on any atom is 0.435 e. The van der Waals surface area contributed by atoms with E-state index in [-0.39, 0.29) is 6.54 Å². The molecule has 0 unspecified atom stereocenters. The predicted octanol–water partition coefficient (Wildman–Crippen LogP) is 2.71. The monoisotopic (exact) mass is 330 g/mol. The number of carbonyl (C=O) groups is 1. The van der Waals surface area contributed by atoms with Gasteiger partial charge < -0.3 is 0 Å². The van der Waals surface area contributed by atoms with E-state index in [4.69, 9.17) is 11.6 Å². The molecule has 0 aliphatic carbocycles. The molecule has 0 spiro atoms. The number of amides is 1. The first kappa shape index (κ1) is 16.0. The summed E-state index contributed by atoms with van der Waals surface area (Å²) in [5.74, 6) is -0.602. The van der Waals surface area contributed by atoms with Gasteiger partial charge in [0.25, 0.3) is 5.91 Å². The number of hydrogen-bond acceptors (Lipinski definition) is 3. The lowest BCUT2D eigenvalue weighted by Crippen LogP contribution is -2.23. The summed E-state index contributed by atoms with van der Waals surface area (Å²) < 4.78 is 37.9. The third-order valence-electron chi connectivity index (χ3n) is 2.49. The Hall–Kier alpha value is -2.35. The SMILES string of the molecule is O=C(Cn1ccc(C(F)(F)F)n1)N/N=C\c1cccc(Cl)c1. The summed E-state index contributed by atoms with van der Waals surface area (Å²) in [4.78, 5) is 11.5. The fourth-order valence-corrected chi connectivity index (χ4v) is 1.75. The van der Waals surface area contributed by atoms with Crippen molar-refractivity contribution in [3.05, 3.63) is 52.8 Å². The van der Waals surface area contributed by atoms with E-state index in [9.17, 15) is 18.0 Å². The molecule has 1 N–H and O–H groups in total. The van der Waals surface area contributed by atoms with E-state index in [0.29, 0.717) is 10.6 Å². The smallest absolute Gasteiger partial charge is 0.271 e. The summed E-state index contributed by atoms with van der Waals surface area (Å²) in [5, 5.41) is 7.47. The second-order valence-corrected chi connectivity index (χ2v) is 4.68. The molecular weight excluding hydrogens is 321 g/mol. The van der Waals surface area contributed by atoms with Crippen LogP contribution in [0.3, 0.4) is 0 Å². The number of aromatic nitrogens is 2. The van der Waals surface area contributed by atoms with Crippen LogP contribution in [0.15, 0.2) is 41.6 Å². The van der Waals surface area contributed by atoms with Crippen molar-refractivity contribution in [3.63, 3.8) is 0 Å². The molecule has 0 radical (unpaired) electrons. The van der Waals surface area contributed by atoms with Gasteiger partial charge in [0.1, 0.15) is 6.54 Å². The molecule has 22 heavy (non-hydrogen) atoms. The molecule has 0 aliphatic rings. The largest absolute Gasteiger partial charge is 0.435 e. The lowest BCUT2D eigenvalue weighted by Gasteiger charge is -2.02. The Morgan fingerprint density at radius 2 is 2.18 bits per heavy atom. The molecular formula is C13H10ClF3N4O. The first-order valence-corrected chi connectivity index (χ1v) is 6.40. The number of nitrogens with zero attached hydrogens (tertiary/aromatic N) is 3. The van der Waals surface area contributed by atoms with E-state index in [1.54, 1.807) is 24.3 Å². The van der Waals surface area contributed by atoms with E-state index in [2.05, 4.69) is 15.6 Å². The minimum atomic E-state index is -4.54. The van der Waals surface area contributed by atoms with Gasteiger partial charge in [0.05, 0.1) is 6.21 Å². The summed E-state index contributed by atoms with van der Waals surface area (Å²) in [6.07, 6.45) is -2.09. The summed E-state index contributed by atoms with van der Waals surface area (Å²) >= 11 is 5.78. The Morgan fingerprint density at radius 1 is 1.41 bits per heavy atom. The van der Waals surface area contributed by atoms with Gasteiger partial charge >= 0.3 is 6.18 Å². The topological polar surface area (TPSA) is 59.3 Å². The Kier molecular flexibility index (Phi) is 4.81. The molecule has 0 atom stereocenters.